The predicted molar refractivity (Wildman–Crippen MR) is 71.2 cm³/mol. The average molecular weight is 261 g/mol. The zero-order chi connectivity index (χ0) is 13.2. The van der Waals surface area contributed by atoms with Gasteiger partial charge in [0.2, 0.25) is 0 Å². The van der Waals surface area contributed by atoms with Crippen LogP contribution >= 0.6 is 0 Å². The Hall–Kier alpha value is -1.65. The third kappa shape index (κ3) is 2.55. The SMILES string of the molecule is O=C(O)[C@@H]1CCCN(c2cc3c(nn2)CCCC3)C1. The molecule has 2 heterocycles. The maximum atomic E-state index is 11.1. The van der Waals surface area contributed by atoms with Gasteiger partial charge < -0.3 is 10.0 Å². The molecule has 0 saturated carbocycles. The van der Waals surface area contributed by atoms with Crippen molar-refractivity contribution in [3.63, 3.8) is 0 Å². The summed E-state index contributed by atoms with van der Waals surface area (Å²) in [5.74, 6) is -0.117. The highest BCUT2D eigenvalue weighted by atomic mass is 16.4. The first kappa shape index (κ1) is 12.4. The summed E-state index contributed by atoms with van der Waals surface area (Å²) in [6, 6.07) is 2.12. The minimum Gasteiger partial charge on any atom is -0.481 e. The molecule has 0 unspecified atom stereocenters. The molecule has 102 valence electrons. The Balaban J connectivity index is 1.79. The van der Waals surface area contributed by atoms with E-state index in [4.69, 9.17) is 5.11 Å². The molecule has 0 bridgehead atoms. The molecule has 1 saturated heterocycles. The van der Waals surface area contributed by atoms with Gasteiger partial charge in [-0.05, 0) is 50.2 Å². The zero-order valence-corrected chi connectivity index (χ0v) is 11.0. The Labute approximate surface area is 112 Å². The van der Waals surface area contributed by atoms with Crippen LogP contribution in [0.4, 0.5) is 5.82 Å². The van der Waals surface area contributed by atoms with Gasteiger partial charge in [0, 0.05) is 13.1 Å². The molecule has 1 aromatic rings. The number of carboxylic acid groups (broad SMARTS) is 1. The normalized spacial score (nSPS) is 22.9. The van der Waals surface area contributed by atoms with Gasteiger partial charge in [-0.1, -0.05) is 0 Å². The van der Waals surface area contributed by atoms with Crippen molar-refractivity contribution in [2.75, 3.05) is 18.0 Å². The molecule has 1 aliphatic heterocycles. The molecule has 1 fully saturated rings. The molecule has 1 N–H and O–H groups in total. The Morgan fingerprint density at radius 3 is 2.95 bits per heavy atom. The summed E-state index contributed by atoms with van der Waals surface area (Å²) in [5, 5.41) is 17.7. The quantitative estimate of drug-likeness (QED) is 0.877. The number of rotatable bonds is 2. The molecule has 1 aliphatic carbocycles. The fraction of sp³-hybridized carbons (Fsp3) is 0.643. The molecule has 2 aliphatic rings. The highest BCUT2D eigenvalue weighted by Gasteiger charge is 2.26. The molecule has 0 amide bonds. The fourth-order valence-corrected chi connectivity index (χ4v) is 3.02. The first-order chi connectivity index (χ1) is 9.24. The van der Waals surface area contributed by atoms with Gasteiger partial charge in [-0.15, -0.1) is 5.10 Å². The lowest BCUT2D eigenvalue weighted by Crippen LogP contribution is -2.39. The van der Waals surface area contributed by atoms with Gasteiger partial charge in [-0.2, -0.15) is 5.10 Å². The lowest BCUT2D eigenvalue weighted by Gasteiger charge is -2.31. The molecular formula is C14H19N3O2. The van der Waals surface area contributed by atoms with E-state index in [2.05, 4.69) is 21.2 Å². The average Bonchev–Trinajstić information content (AvgIpc) is 2.47. The topological polar surface area (TPSA) is 66.3 Å². The molecule has 0 radical (unpaired) electrons. The molecule has 19 heavy (non-hydrogen) atoms. The number of aryl methyl sites for hydroxylation is 2. The number of hydrogen-bond acceptors (Lipinski definition) is 4. The summed E-state index contributed by atoms with van der Waals surface area (Å²) >= 11 is 0. The second kappa shape index (κ2) is 5.15. The number of anilines is 1. The van der Waals surface area contributed by atoms with Crippen molar-refractivity contribution in [3.8, 4) is 0 Å². The van der Waals surface area contributed by atoms with Crippen LogP contribution in [-0.4, -0.2) is 34.4 Å². The van der Waals surface area contributed by atoms with E-state index < -0.39 is 5.97 Å². The van der Waals surface area contributed by atoms with Crippen LogP contribution in [0, 0.1) is 5.92 Å². The molecule has 1 aromatic heterocycles. The number of carboxylic acids is 1. The monoisotopic (exact) mass is 261 g/mol. The van der Waals surface area contributed by atoms with Crippen LogP contribution in [0.25, 0.3) is 0 Å². The lowest BCUT2D eigenvalue weighted by molar-refractivity contribution is -0.141. The van der Waals surface area contributed by atoms with E-state index in [1.165, 1.54) is 18.4 Å². The van der Waals surface area contributed by atoms with Crippen LogP contribution in [0.3, 0.4) is 0 Å². The maximum absolute atomic E-state index is 11.1. The van der Waals surface area contributed by atoms with Crippen molar-refractivity contribution < 1.29 is 9.90 Å². The Bertz CT molecular complexity index is 490. The van der Waals surface area contributed by atoms with Crippen LogP contribution in [-0.2, 0) is 17.6 Å². The van der Waals surface area contributed by atoms with E-state index in [0.717, 1.165) is 43.7 Å². The van der Waals surface area contributed by atoms with Crippen molar-refractivity contribution in [2.45, 2.75) is 38.5 Å². The summed E-state index contributed by atoms with van der Waals surface area (Å²) in [6.45, 7) is 1.44. The van der Waals surface area contributed by atoms with Crippen molar-refractivity contribution in [1.82, 2.24) is 10.2 Å². The Morgan fingerprint density at radius 1 is 1.26 bits per heavy atom. The van der Waals surface area contributed by atoms with Crippen LogP contribution in [0.5, 0.6) is 0 Å². The maximum Gasteiger partial charge on any atom is 0.308 e. The second-order valence-corrected chi connectivity index (χ2v) is 5.50. The van der Waals surface area contributed by atoms with Crippen molar-refractivity contribution in [3.05, 3.63) is 17.3 Å². The number of aromatic nitrogens is 2. The van der Waals surface area contributed by atoms with Gasteiger partial charge in [-0.25, -0.2) is 0 Å². The largest absolute Gasteiger partial charge is 0.481 e. The first-order valence-corrected chi connectivity index (χ1v) is 7.07. The molecule has 5 heteroatoms. The van der Waals surface area contributed by atoms with Crippen LogP contribution < -0.4 is 4.90 Å². The molecule has 3 rings (SSSR count). The molecular weight excluding hydrogens is 242 g/mol. The third-order valence-electron chi connectivity index (χ3n) is 4.15. The summed E-state index contributed by atoms with van der Waals surface area (Å²) in [4.78, 5) is 13.2. The van der Waals surface area contributed by atoms with Crippen LogP contribution in [0.15, 0.2) is 6.07 Å². The number of carbonyl (C=O) groups is 1. The minimum absolute atomic E-state index is 0.272. The van der Waals surface area contributed by atoms with E-state index in [-0.39, 0.29) is 5.92 Å². The number of nitrogens with zero attached hydrogens (tertiary/aromatic N) is 3. The smallest absolute Gasteiger partial charge is 0.308 e. The van der Waals surface area contributed by atoms with Crippen molar-refractivity contribution in [2.24, 2.45) is 5.92 Å². The fourth-order valence-electron chi connectivity index (χ4n) is 3.02. The number of hydrogen-bond donors (Lipinski definition) is 1. The van der Waals surface area contributed by atoms with E-state index in [0.29, 0.717) is 6.54 Å². The second-order valence-electron chi connectivity index (χ2n) is 5.50. The van der Waals surface area contributed by atoms with Crippen LogP contribution in [0.2, 0.25) is 0 Å². The third-order valence-corrected chi connectivity index (χ3v) is 4.15. The summed E-state index contributed by atoms with van der Waals surface area (Å²) in [5.41, 5.74) is 2.43. The standard InChI is InChI=1S/C14H19N3O2/c18-14(19)11-5-3-7-17(9-11)13-8-10-4-1-2-6-12(10)15-16-13/h8,11H,1-7,9H2,(H,18,19)/t11-/m1/s1. The Morgan fingerprint density at radius 2 is 2.11 bits per heavy atom. The number of piperidine rings is 1. The minimum atomic E-state index is -0.699. The first-order valence-electron chi connectivity index (χ1n) is 7.07. The van der Waals surface area contributed by atoms with Gasteiger partial charge in [0.15, 0.2) is 5.82 Å². The lowest BCUT2D eigenvalue weighted by atomic mass is 9.96. The number of aliphatic carboxylic acids is 1. The molecule has 0 aromatic carbocycles. The van der Waals surface area contributed by atoms with E-state index >= 15 is 0 Å². The van der Waals surface area contributed by atoms with Gasteiger partial charge in [-0.3, -0.25) is 4.79 Å². The molecule has 0 spiro atoms. The van der Waals surface area contributed by atoms with E-state index in [1.54, 1.807) is 0 Å². The molecule has 5 nitrogen and oxygen atoms in total. The highest BCUT2D eigenvalue weighted by Crippen LogP contribution is 2.25. The van der Waals surface area contributed by atoms with Crippen molar-refractivity contribution >= 4 is 11.8 Å². The van der Waals surface area contributed by atoms with Gasteiger partial charge in [0.05, 0.1) is 11.6 Å². The number of fused-ring (bicyclic) bond motifs is 1. The van der Waals surface area contributed by atoms with Gasteiger partial charge in [0.1, 0.15) is 0 Å². The van der Waals surface area contributed by atoms with Gasteiger partial charge in [0.25, 0.3) is 0 Å². The van der Waals surface area contributed by atoms with Gasteiger partial charge >= 0.3 is 5.97 Å². The Kier molecular flexibility index (Phi) is 3.36. The zero-order valence-electron chi connectivity index (χ0n) is 11.0. The summed E-state index contributed by atoms with van der Waals surface area (Å²) < 4.78 is 0. The van der Waals surface area contributed by atoms with Crippen LogP contribution in [0.1, 0.15) is 36.9 Å². The van der Waals surface area contributed by atoms with Crippen molar-refractivity contribution in [1.29, 1.82) is 0 Å². The van der Waals surface area contributed by atoms with E-state index in [1.807, 2.05) is 0 Å². The van der Waals surface area contributed by atoms with E-state index in [9.17, 15) is 4.79 Å². The predicted octanol–water partition coefficient (Wildman–Crippen LogP) is 1.66. The summed E-state index contributed by atoms with van der Waals surface area (Å²) in [6.07, 6.45) is 6.20. The highest BCUT2D eigenvalue weighted by molar-refractivity contribution is 5.71. The summed E-state index contributed by atoms with van der Waals surface area (Å²) in [7, 11) is 0. The molecule has 1 atom stereocenters.